The van der Waals surface area contributed by atoms with Gasteiger partial charge < -0.3 is 0 Å². The summed E-state index contributed by atoms with van der Waals surface area (Å²) in [5, 5.41) is 0. The molecule has 1 aromatic rings. The van der Waals surface area contributed by atoms with Crippen LogP contribution < -0.4 is 0 Å². The molecular weight excluding hydrogens is 217 g/mol. The van der Waals surface area contributed by atoms with Crippen molar-refractivity contribution in [1.29, 1.82) is 0 Å². The van der Waals surface area contributed by atoms with Crippen LogP contribution in [0.25, 0.3) is 0 Å². The Morgan fingerprint density at radius 3 is 2.38 bits per heavy atom. The number of rotatable bonds is 3. The summed E-state index contributed by atoms with van der Waals surface area (Å²) in [4.78, 5) is 11.5. The van der Waals surface area contributed by atoms with E-state index in [0.717, 1.165) is 12.1 Å². The number of carbonyl (C=O) groups excluding carboxylic acids is 1. The van der Waals surface area contributed by atoms with Crippen molar-refractivity contribution in [3.63, 3.8) is 0 Å². The topological polar surface area (TPSA) is 17.1 Å². The van der Waals surface area contributed by atoms with E-state index >= 15 is 0 Å². The van der Waals surface area contributed by atoms with Crippen LogP contribution in [-0.4, -0.2) is 5.78 Å². The second kappa shape index (κ2) is 4.68. The van der Waals surface area contributed by atoms with Crippen molar-refractivity contribution in [2.75, 3.05) is 0 Å². The maximum atomic E-state index is 12.4. The molecule has 1 nitrogen and oxygen atoms in total. The first kappa shape index (κ1) is 12.7. The molecule has 0 heterocycles. The molecule has 0 N–H and O–H groups in total. The number of carbonyl (C=O) groups is 1. The third kappa shape index (κ3) is 2.84. The van der Waals surface area contributed by atoms with Crippen molar-refractivity contribution in [2.45, 2.75) is 32.9 Å². The van der Waals surface area contributed by atoms with Crippen molar-refractivity contribution in [3.8, 4) is 0 Å². The Hall–Kier alpha value is -1.32. The molecule has 1 rings (SSSR count). The van der Waals surface area contributed by atoms with Gasteiger partial charge in [-0.1, -0.05) is 13.0 Å². The molecule has 1 aromatic carbocycles. The van der Waals surface area contributed by atoms with Crippen LogP contribution in [0.1, 0.15) is 41.3 Å². The molecule has 0 aromatic heterocycles. The Kier molecular flexibility index (Phi) is 3.73. The first-order valence-corrected chi connectivity index (χ1v) is 5.07. The summed E-state index contributed by atoms with van der Waals surface area (Å²) in [5.41, 5.74) is 0.0566. The van der Waals surface area contributed by atoms with Gasteiger partial charge in [-0.2, -0.15) is 13.2 Å². The fourth-order valence-corrected chi connectivity index (χ4v) is 1.51. The van der Waals surface area contributed by atoms with Crippen LogP contribution >= 0.6 is 0 Å². The number of ketones is 1. The molecule has 0 fully saturated rings. The summed E-state index contributed by atoms with van der Waals surface area (Å²) < 4.78 is 37.1. The molecule has 16 heavy (non-hydrogen) atoms. The van der Waals surface area contributed by atoms with Gasteiger partial charge >= 0.3 is 6.18 Å². The lowest BCUT2D eigenvalue weighted by molar-refractivity contribution is -0.137. The standard InChI is InChI=1S/C12H13F3O/c1-3-4-11(16)10-6-5-9(7-8(10)2)12(13,14)15/h5-7H,3-4H2,1-2H3. The van der Waals surface area contributed by atoms with Crippen molar-refractivity contribution < 1.29 is 18.0 Å². The van der Waals surface area contributed by atoms with Crippen LogP contribution in [0.4, 0.5) is 13.2 Å². The van der Waals surface area contributed by atoms with Crippen molar-refractivity contribution >= 4 is 5.78 Å². The molecule has 0 saturated carbocycles. The van der Waals surface area contributed by atoms with E-state index in [1.165, 1.54) is 13.0 Å². The predicted molar refractivity (Wildman–Crippen MR) is 55.4 cm³/mol. The van der Waals surface area contributed by atoms with Crippen LogP contribution in [0.3, 0.4) is 0 Å². The summed E-state index contributed by atoms with van der Waals surface area (Å²) in [7, 11) is 0. The van der Waals surface area contributed by atoms with E-state index < -0.39 is 11.7 Å². The molecule has 0 aliphatic heterocycles. The van der Waals surface area contributed by atoms with Crippen LogP contribution in [0, 0.1) is 6.92 Å². The summed E-state index contributed by atoms with van der Waals surface area (Å²) in [6, 6.07) is 3.23. The highest BCUT2D eigenvalue weighted by molar-refractivity contribution is 5.97. The zero-order valence-electron chi connectivity index (χ0n) is 9.19. The zero-order valence-corrected chi connectivity index (χ0v) is 9.19. The summed E-state index contributed by atoms with van der Waals surface area (Å²) >= 11 is 0. The Balaban J connectivity index is 3.05. The molecule has 88 valence electrons. The molecule has 0 amide bonds. The van der Waals surface area contributed by atoms with Crippen LogP contribution in [0.15, 0.2) is 18.2 Å². The molecule has 0 saturated heterocycles. The number of Topliss-reactive ketones (excluding diaryl/α,β-unsaturated/α-hetero) is 1. The minimum Gasteiger partial charge on any atom is -0.294 e. The first-order valence-electron chi connectivity index (χ1n) is 5.07. The van der Waals surface area contributed by atoms with Crippen LogP contribution in [0.5, 0.6) is 0 Å². The smallest absolute Gasteiger partial charge is 0.294 e. The summed E-state index contributed by atoms with van der Waals surface area (Å²) in [6.45, 7) is 3.38. The van der Waals surface area contributed by atoms with Gasteiger partial charge in [-0.25, -0.2) is 0 Å². The highest BCUT2D eigenvalue weighted by atomic mass is 19.4. The minimum atomic E-state index is -4.35. The van der Waals surface area contributed by atoms with E-state index in [-0.39, 0.29) is 5.78 Å². The van der Waals surface area contributed by atoms with Crippen LogP contribution in [0.2, 0.25) is 0 Å². The third-order valence-corrected chi connectivity index (χ3v) is 2.33. The van der Waals surface area contributed by atoms with E-state index in [1.807, 2.05) is 6.92 Å². The Morgan fingerprint density at radius 1 is 1.31 bits per heavy atom. The van der Waals surface area contributed by atoms with E-state index in [4.69, 9.17) is 0 Å². The Labute approximate surface area is 92.3 Å². The minimum absolute atomic E-state index is 0.103. The molecule has 0 unspecified atom stereocenters. The molecular formula is C12H13F3O. The van der Waals surface area contributed by atoms with E-state index in [1.54, 1.807) is 0 Å². The fourth-order valence-electron chi connectivity index (χ4n) is 1.51. The fraction of sp³-hybridized carbons (Fsp3) is 0.417. The SMILES string of the molecule is CCCC(=O)c1ccc(C(F)(F)F)cc1C. The van der Waals surface area contributed by atoms with Crippen LogP contribution in [-0.2, 0) is 6.18 Å². The quantitative estimate of drug-likeness (QED) is 0.717. The summed E-state index contributed by atoms with van der Waals surface area (Å²) in [6.07, 6.45) is -3.29. The molecule has 0 aliphatic carbocycles. The zero-order chi connectivity index (χ0) is 12.3. The van der Waals surface area contributed by atoms with Gasteiger partial charge in [-0.05, 0) is 31.0 Å². The molecule has 0 atom stereocenters. The van der Waals surface area contributed by atoms with Gasteiger partial charge in [-0.3, -0.25) is 4.79 Å². The second-order valence-corrected chi connectivity index (χ2v) is 3.70. The summed E-state index contributed by atoms with van der Waals surface area (Å²) in [5.74, 6) is -0.103. The van der Waals surface area contributed by atoms with Gasteiger partial charge in [-0.15, -0.1) is 0 Å². The highest BCUT2D eigenvalue weighted by Gasteiger charge is 2.30. The maximum absolute atomic E-state index is 12.4. The van der Waals surface area contributed by atoms with Crippen molar-refractivity contribution in [2.24, 2.45) is 0 Å². The van der Waals surface area contributed by atoms with E-state index in [9.17, 15) is 18.0 Å². The molecule has 0 aliphatic rings. The van der Waals surface area contributed by atoms with E-state index in [0.29, 0.717) is 24.0 Å². The molecule has 4 heteroatoms. The van der Waals surface area contributed by atoms with Crippen molar-refractivity contribution in [1.82, 2.24) is 0 Å². The monoisotopic (exact) mass is 230 g/mol. The molecule has 0 bridgehead atoms. The maximum Gasteiger partial charge on any atom is 0.416 e. The first-order chi connectivity index (χ1) is 7.36. The lowest BCUT2D eigenvalue weighted by atomic mass is 9.99. The molecule has 0 radical (unpaired) electrons. The second-order valence-electron chi connectivity index (χ2n) is 3.70. The number of hydrogen-bond donors (Lipinski definition) is 0. The van der Waals surface area contributed by atoms with Gasteiger partial charge in [0, 0.05) is 12.0 Å². The number of aryl methyl sites for hydroxylation is 1. The normalized spacial score (nSPS) is 11.6. The number of halogens is 3. The number of hydrogen-bond acceptors (Lipinski definition) is 1. The lowest BCUT2D eigenvalue weighted by Crippen LogP contribution is -2.08. The van der Waals surface area contributed by atoms with Gasteiger partial charge in [0.25, 0.3) is 0 Å². The number of benzene rings is 1. The predicted octanol–water partition coefficient (Wildman–Crippen LogP) is 4.00. The van der Waals surface area contributed by atoms with Gasteiger partial charge in [0.1, 0.15) is 0 Å². The third-order valence-electron chi connectivity index (χ3n) is 2.33. The lowest BCUT2D eigenvalue weighted by Gasteiger charge is -2.10. The average Bonchev–Trinajstić information content (AvgIpc) is 2.16. The van der Waals surface area contributed by atoms with Gasteiger partial charge in [0.05, 0.1) is 5.56 Å². The average molecular weight is 230 g/mol. The van der Waals surface area contributed by atoms with E-state index in [2.05, 4.69) is 0 Å². The Bertz CT molecular complexity index is 394. The number of alkyl halides is 3. The molecule has 0 spiro atoms. The Morgan fingerprint density at radius 2 is 1.94 bits per heavy atom. The highest BCUT2D eigenvalue weighted by Crippen LogP contribution is 2.30. The largest absolute Gasteiger partial charge is 0.416 e. The van der Waals surface area contributed by atoms with Gasteiger partial charge in [0.2, 0.25) is 0 Å². The van der Waals surface area contributed by atoms with Crippen molar-refractivity contribution in [3.05, 3.63) is 34.9 Å². The van der Waals surface area contributed by atoms with Gasteiger partial charge in [0.15, 0.2) is 5.78 Å².